The number of rotatable bonds is 5. The zero-order valence-corrected chi connectivity index (χ0v) is 12.4. The van der Waals surface area contributed by atoms with E-state index in [-0.39, 0.29) is 29.8 Å². The molecule has 0 spiro atoms. The van der Waals surface area contributed by atoms with E-state index in [9.17, 15) is 4.79 Å². The number of hydrogen-bond acceptors (Lipinski definition) is 6. The molecule has 2 heterocycles. The number of anilines is 1. The van der Waals surface area contributed by atoms with Crippen LogP contribution in [0, 0.1) is 0 Å². The van der Waals surface area contributed by atoms with Crippen LogP contribution in [0.25, 0.3) is 0 Å². The summed E-state index contributed by atoms with van der Waals surface area (Å²) in [6.45, 7) is 6.07. The monoisotopic (exact) mass is 289 g/mol. The summed E-state index contributed by atoms with van der Waals surface area (Å²) in [5.41, 5.74) is 6.19. The number of oxazole rings is 1. The molecular formula is C14H19N5O2. The predicted octanol–water partition coefficient (Wildman–Crippen LogP) is 1.66. The van der Waals surface area contributed by atoms with Gasteiger partial charge in [0.25, 0.3) is 5.91 Å². The van der Waals surface area contributed by atoms with Gasteiger partial charge in [-0.25, -0.2) is 15.0 Å². The van der Waals surface area contributed by atoms with Gasteiger partial charge >= 0.3 is 0 Å². The van der Waals surface area contributed by atoms with Crippen LogP contribution in [0.5, 0.6) is 0 Å². The quantitative estimate of drug-likeness (QED) is 0.867. The number of aromatic nitrogens is 3. The van der Waals surface area contributed by atoms with Crippen molar-refractivity contribution in [1.29, 1.82) is 0 Å². The van der Waals surface area contributed by atoms with E-state index in [0.717, 1.165) is 12.2 Å². The van der Waals surface area contributed by atoms with Crippen molar-refractivity contribution in [3.8, 4) is 0 Å². The largest absolute Gasteiger partial charge is 0.444 e. The smallest absolute Gasteiger partial charge is 0.272 e. The highest BCUT2D eigenvalue weighted by atomic mass is 16.4. The van der Waals surface area contributed by atoms with Crippen molar-refractivity contribution in [2.45, 2.75) is 39.7 Å². The molecule has 7 nitrogen and oxygen atoms in total. The fourth-order valence-corrected chi connectivity index (χ4v) is 1.70. The van der Waals surface area contributed by atoms with Gasteiger partial charge in [-0.15, -0.1) is 0 Å². The van der Waals surface area contributed by atoms with E-state index in [1.165, 1.54) is 6.20 Å². The van der Waals surface area contributed by atoms with Crippen LogP contribution in [0.1, 0.15) is 54.7 Å². The number of hydrogen-bond donors (Lipinski definition) is 2. The van der Waals surface area contributed by atoms with Crippen molar-refractivity contribution in [3.63, 3.8) is 0 Å². The van der Waals surface area contributed by atoms with Crippen LogP contribution in [0.3, 0.4) is 0 Å². The molecule has 2 aromatic rings. The van der Waals surface area contributed by atoms with E-state index >= 15 is 0 Å². The second-order valence-electron chi connectivity index (χ2n) is 4.94. The first-order valence-electron chi connectivity index (χ1n) is 6.85. The van der Waals surface area contributed by atoms with Gasteiger partial charge in [-0.3, -0.25) is 4.79 Å². The lowest BCUT2D eigenvalue weighted by molar-refractivity contribution is 0.0942. The molecule has 0 aliphatic heterocycles. The fourth-order valence-electron chi connectivity index (χ4n) is 1.70. The summed E-state index contributed by atoms with van der Waals surface area (Å²) in [6.07, 6.45) is 3.87. The lowest BCUT2D eigenvalue weighted by Crippen LogP contribution is -2.26. The van der Waals surface area contributed by atoms with Gasteiger partial charge in [0.2, 0.25) is 5.89 Å². The van der Waals surface area contributed by atoms with Crippen LogP contribution in [-0.4, -0.2) is 20.9 Å². The van der Waals surface area contributed by atoms with Crippen LogP contribution in [0.2, 0.25) is 0 Å². The van der Waals surface area contributed by atoms with E-state index < -0.39 is 0 Å². The average molecular weight is 289 g/mol. The van der Waals surface area contributed by atoms with Crippen LogP contribution >= 0.6 is 0 Å². The molecule has 0 aliphatic rings. The summed E-state index contributed by atoms with van der Waals surface area (Å²) < 4.78 is 5.42. The Bertz CT molecular complexity index is 636. The van der Waals surface area contributed by atoms with E-state index in [2.05, 4.69) is 20.3 Å². The molecule has 0 saturated carbocycles. The first-order chi connectivity index (χ1) is 10.0. The number of nitrogens with one attached hydrogen (secondary N) is 1. The Kier molecular flexibility index (Phi) is 4.52. The Labute approximate surface area is 123 Å². The van der Waals surface area contributed by atoms with Crippen LogP contribution in [0.15, 0.2) is 16.8 Å². The molecule has 3 N–H and O–H groups in total. The SMILES string of the molecule is CCc1cnc(CNC(=O)c2nc(C(C)C)ncc2N)o1. The van der Waals surface area contributed by atoms with Crippen molar-refractivity contribution in [3.05, 3.63) is 35.6 Å². The Balaban J connectivity index is 2.07. The molecule has 0 atom stereocenters. The third-order valence-corrected chi connectivity index (χ3v) is 2.92. The molecule has 21 heavy (non-hydrogen) atoms. The summed E-state index contributed by atoms with van der Waals surface area (Å²) in [5, 5.41) is 2.69. The normalized spacial score (nSPS) is 10.9. The zero-order valence-electron chi connectivity index (χ0n) is 12.4. The molecule has 0 bridgehead atoms. The van der Waals surface area contributed by atoms with E-state index in [4.69, 9.17) is 10.2 Å². The summed E-state index contributed by atoms with van der Waals surface area (Å²) in [7, 11) is 0. The number of carbonyl (C=O) groups excluding carboxylic acids is 1. The number of nitrogen functional groups attached to an aromatic ring is 1. The Hall–Kier alpha value is -2.44. The fraction of sp³-hybridized carbons (Fsp3) is 0.429. The molecule has 112 valence electrons. The molecule has 1 amide bonds. The summed E-state index contributed by atoms with van der Waals surface area (Å²) in [4.78, 5) is 24.5. The second kappa shape index (κ2) is 6.34. The lowest BCUT2D eigenvalue weighted by atomic mass is 10.2. The zero-order chi connectivity index (χ0) is 15.4. The average Bonchev–Trinajstić information content (AvgIpc) is 2.93. The van der Waals surface area contributed by atoms with Crippen molar-refractivity contribution >= 4 is 11.6 Å². The molecule has 2 rings (SSSR count). The highest BCUT2D eigenvalue weighted by Crippen LogP contribution is 2.13. The maximum Gasteiger partial charge on any atom is 0.272 e. The summed E-state index contributed by atoms with van der Waals surface area (Å²) in [6, 6.07) is 0. The molecule has 0 fully saturated rings. The molecule has 7 heteroatoms. The van der Waals surface area contributed by atoms with Gasteiger partial charge in [0.05, 0.1) is 24.6 Å². The van der Waals surface area contributed by atoms with Crippen molar-refractivity contribution in [1.82, 2.24) is 20.3 Å². The number of amides is 1. The third kappa shape index (κ3) is 3.56. The van der Waals surface area contributed by atoms with Gasteiger partial charge in [-0.2, -0.15) is 0 Å². The Morgan fingerprint density at radius 2 is 2.14 bits per heavy atom. The van der Waals surface area contributed by atoms with E-state index in [1.807, 2.05) is 20.8 Å². The summed E-state index contributed by atoms with van der Waals surface area (Å²) in [5.74, 6) is 1.57. The minimum Gasteiger partial charge on any atom is -0.444 e. The van der Waals surface area contributed by atoms with Gasteiger partial charge < -0.3 is 15.5 Å². The van der Waals surface area contributed by atoms with Crippen LogP contribution in [-0.2, 0) is 13.0 Å². The molecule has 0 aliphatic carbocycles. The molecule has 0 aromatic carbocycles. The topological polar surface area (TPSA) is 107 Å². The molecular weight excluding hydrogens is 270 g/mol. The van der Waals surface area contributed by atoms with Crippen molar-refractivity contribution < 1.29 is 9.21 Å². The Morgan fingerprint density at radius 1 is 1.38 bits per heavy atom. The molecule has 0 radical (unpaired) electrons. The Morgan fingerprint density at radius 3 is 2.76 bits per heavy atom. The van der Waals surface area contributed by atoms with Gasteiger partial charge in [0, 0.05) is 12.3 Å². The summed E-state index contributed by atoms with van der Waals surface area (Å²) >= 11 is 0. The first-order valence-corrected chi connectivity index (χ1v) is 6.85. The second-order valence-corrected chi connectivity index (χ2v) is 4.94. The molecule has 0 unspecified atom stereocenters. The standard InChI is InChI=1S/C14H19N5O2/c1-4-9-5-16-11(21-9)7-18-14(20)12-10(15)6-17-13(19-12)8(2)3/h5-6,8H,4,7,15H2,1-3H3,(H,18,20). The predicted molar refractivity (Wildman–Crippen MR) is 77.6 cm³/mol. The van der Waals surface area contributed by atoms with E-state index in [0.29, 0.717) is 11.7 Å². The number of aryl methyl sites for hydroxylation is 1. The maximum absolute atomic E-state index is 12.1. The first kappa shape index (κ1) is 15.0. The van der Waals surface area contributed by atoms with Gasteiger partial charge in [0.15, 0.2) is 5.69 Å². The lowest BCUT2D eigenvalue weighted by Gasteiger charge is -2.08. The molecule has 2 aromatic heterocycles. The number of carbonyl (C=O) groups is 1. The minimum absolute atomic E-state index is 0.121. The van der Waals surface area contributed by atoms with Crippen LogP contribution in [0.4, 0.5) is 5.69 Å². The minimum atomic E-state index is -0.368. The highest BCUT2D eigenvalue weighted by Gasteiger charge is 2.15. The van der Waals surface area contributed by atoms with Gasteiger partial charge in [-0.05, 0) is 0 Å². The number of nitrogens with two attached hydrogens (primary N) is 1. The van der Waals surface area contributed by atoms with Crippen molar-refractivity contribution in [2.75, 3.05) is 5.73 Å². The molecule has 0 saturated heterocycles. The van der Waals surface area contributed by atoms with Gasteiger partial charge in [-0.1, -0.05) is 20.8 Å². The van der Waals surface area contributed by atoms with Crippen LogP contribution < -0.4 is 11.1 Å². The van der Waals surface area contributed by atoms with E-state index in [1.54, 1.807) is 6.20 Å². The third-order valence-electron chi connectivity index (χ3n) is 2.92. The van der Waals surface area contributed by atoms with Gasteiger partial charge in [0.1, 0.15) is 11.6 Å². The maximum atomic E-state index is 12.1. The number of nitrogens with zero attached hydrogens (tertiary/aromatic N) is 3. The van der Waals surface area contributed by atoms with Crippen molar-refractivity contribution in [2.24, 2.45) is 0 Å². The highest BCUT2D eigenvalue weighted by molar-refractivity contribution is 5.96.